The van der Waals surface area contributed by atoms with Gasteiger partial charge in [-0.3, -0.25) is 0 Å². The fraction of sp³-hybridized carbons (Fsp3) is 0.200. The number of nitrogens with two attached hydrogens (primary N) is 1. The van der Waals surface area contributed by atoms with Crippen LogP contribution in [-0.2, 0) is 0 Å². The number of rotatable bonds is 1. The Morgan fingerprint density at radius 1 is 1.17 bits per heavy atom. The van der Waals surface area contributed by atoms with Crippen molar-refractivity contribution < 1.29 is 0 Å². The molecule has 1 nitrogen and oxygen atoms in total. The standard InChI is InChI=1S/C10H11N.ClH/c11-10-6-9(7-10)8-4-2-1-3-5-8;/h1-6,10H,7,11H2;1H. The number of hydrogen-bond donors (Lipinski definition) is 1. The van der Waals surface area contributed by atoms with Gasteiger partial charge in [-0.1, -0.05) is 36.4 Å². The predicted octanol–water partition coefficient (Wildman–Crippen LogP) is 2.22. The second kappa shape index (κ2) is 3.74. The molecule has 2 heteroatoms. The van der Waals surface area contributed by atoms with Crippen LogP contribution in [0.1, 0.15) is 12.0 Å². The first kappa shape index (κ1) is 9.30. The Hall–Kier alpha value is -0.790. The van der Waals surface area contributed by atoms with E-state index in [2.05, 4.69) is 30.3 Å². The first-order chi connectivity index (χ1) is 5.36. The van der Waals surface area contributed by atoms with Crippen molar-refractivity contribution in [3.8, 4) is 0 Å². The summed E-state index contributed by atoms with van der Waals surface area (Å²) in [6.07, 6.45) is 3.15. The van der Waals surface area contributed by atoms with Crippen LogP contribution in [0.3, 0.4) is 0 Å². The topological polar surface area (TPSA) is 26.0 Å². The highest BCUT2D eigenvalue weighted by molar-refractivity contribution is 5.85. The van der Waals surface area contributed by atoms with Gasteiger partial charge in [-0.15, -0.1) is 12.4 Å². The largest absolute Gasteiger partial charge is 0.324 e. The Morgan fingerprint density at radius 2 is 1.75 bits per heavy atom. The van der Waals surface area contributed by atoms with Gasteiger partial charge in [-0.25, -0.2) is 0 Å². The molecule has 1 atom stereocenters. The van der Waals surface area contributed by atoms with Crippen LogP contribution in [0.4, 0.5) is 0 Å². The lowest BCUT2D eigenvalue weighted by Crippen LogP contribution is -2.24. The molecule has 12 heavy (non-hydrogen) atoms. The monoisotopic (exact) mass is 181 g/mol. The van der Waals surface area contributed by atoms with Gasteiger partial charge in [0.25, 0.3) is 0 Å². The molecular weight excluding hydrogens is 170 g/mol. The molecule has 0 heterocycles. The van der Waals surface area contributed by atoms with Crippen molar-refractivity contribution in [2.45, 2.75) is 12.5 Å². The predicted molar refractivity (Wildman–Crippen MR) is 54.3 cm³/mol. The van der Waals surface area contributed by atoms with Crippen molar-refractivity contribution in [3.05, 3.63) is 42.0 Å². The van der Waals surface area contributed by atoms with E-state index < -0.39 is 0 Å². The molecule has 0 fully saturated rings. The zero-order valence-corrected chi connectivity index (χ0v) is 7.55. The highest BCUT2D eigenvalue weighted by Crippen LogP contribution is 2.27. The molecule has 2 rings (SSSR count). The van der Waals surface area contributed by atoms with Crippen molar-refractivity contribution in [2.75, 3.05) is 0 Å². The Kier molecular flexibility index (Phi) is 2.90. The Balaban J connectivity index is 0.000000720. The van der Waals surface area contributed by atoms with E-state index in [1.165, 1.54) is 11.1 Å². The molecule has 1 aliphatic rings. The highest BCUT2D eigenvalue weighted by atomic mass is 35.5. The van der Waals surface area contributed by atoms with Gasteiger partial charge in [0.15, 0.2) is 0 Å². The first-order valence-corrected chi connectivity index (χ1v) is 3.88. The first-order valence-electron chi connectivity index (χ1n) is 3.88. The molecule has 1 aromatic carbocycles. The van der Waals surface area contributed by atoms with E-state index >= 15 is 0 Å². The maximum absolute atomic E-state index is 5.63. The van der Waals surface area contributed by atoms with E-state index in [0.717, 1.165) is 6.42 Å². The molecule has 1 aliphatic carbocycles. The minimum absolute atomic E-state index is 0. The van der Waals surface area contributed by atoms with Crippen molar-refractivity contribution in [1.82, 2.24) is 0 Å². The molecule has 0 saturated carbocycles. The zero-order valence-electron chi connectivity index (χ0n) is 6.73. The van der Waals surface area contributed by atoms with Crippen LogP contribution in [-0.4, -0.2) is 6.04 Å². The molecule has 1 aromatic rings. The van der Waals surface area contributed by atoms with E-state index in [4.69, 9.17) is 5.73 Å². The number of halogens is 1. The fourth-order valence-corrected chi connectivity index (χ4v) is 1.35. The van der Waals surface area contributed by atoms with Gasteiger partial charge in [-0.05, 0) is 17.6 Å². The van der Waals surface area contributed by atoms with Crippen molar-refractivity contribution in [1.29, 1.82) is 0 Å². The third kappa shape index (κ3) is 1.68. The molecule has 64 valence electrons. The summed E-state index contributed by atoms with van der Waals surface area (Å²) >= 11 is 0. The molecule has 2 N–H and O–H groups in total. The van der Waals surface area contributed by atoms with Crippen molar-refractivity contribution >= 4 is 18.0 Å². The maximum atomic E-state index is 5.63. The molecule has 0 bridgehead atoms. The third-order valence-corrected chi connectivity index (χ3v) is 2.02. The van der Waals surface area contributed by atoms with Crippen LogP contribution in [0.15, 0.2) is 36.4 Å². The van der Waals surface area contributed by atoms with Crippen LogP contribution in [0.2, 0.25) is 0 Å². The average Bonchev–Trinajstić information content (AvgIpc) is 2.01. The number of hydrogen-bond acceptors (Lipinski definition) is 1. The van der Waals surface area contributed by atoms with Gasteiger partial charge < -0.3 is 5.73 Å². The molecule has 0 saturated heterocycles. The number of benzene rings is 1. The highest BCUT2D eigenvalue weighted by Gasteiger charge is 2.15. The summed E-state index contributed by atoms with van der Waals surface area (Å²) in [6.45, 7) is 0. The fourth-order valence-electron chi connectivity index (χ4n) is 1.35. The quantitative estimate of drug-likeness (QED) is 0.707. The van der Waals surface area contributed by atoms with Gasteiger partial charge in [0.2, 0.25) is 0 Å². The van der Waals surface area contributed by atoms with Gasteiger partial charge in [0.1, 0.15) is 0 Å². The van der Waals surface area contributed by atoms with E-state index in [-0.39, 0.29) is 12.4 Å². The zero-order chi connectivity index (χ0) is 7.68. The van der Waals surface area contributed by atoms with E-state index in [9.17, 15) is 0 Å². The molecular formula is C10H12ClN. The Morgan fingerprint density at radius 3 is 2.25 bits per heavy atom. The summed E-state index contributed by atoms with van der Waals surface area (Å²) in [7, 11) is 0. The summed E-state index contributed by atoms with van der Waals surface area (Å²) in [6, 6.07) is 10.7. The second-order valence-corrected chi connectivity index (χ2v) is 2.93. The van der Waals surface area contributed by atoms with E-state index in [1.807, 2.05) is 6.07 Å². The lowest BCUT2D eigenvalue weighted by atomic mass is 9.88. The minimum Gasteiger partial charge on any atom is -0.324 e. The van der Waals surface area contributed by atoms with Crippen LogP contribution < -0.4 is 5.73 Å². The summed E-state index contributed by atoms with van der Waals surface area (Å²) in [5.41, 5.74) is 8.33. The van der Waals surface area contributed by atoms with E-state index in [1.54, 1.807) is 0 Å². The molecule has 1 unspecified atom stereocenters. The summed E-state index contributed by atoms with van der Waals surface area (Å²) in [5, 5.41) is 0. The lowest BCUT2D eigenvalue weighted by Gasteiger charge is -2.21. The van der Waals surface area contributed by atoms with Crippen LogP contribution >= 0.6 is 12.4 Å². The molecule has 0 aromatic heterocycles. The van der Waals surface area contributed by atoms with Crippen LogP contribution in [0, 0.1) is 0 Å². The van der Waals surface area contributed by atoms with Gasteiger partial charge >= 0.3 is 0 Å². The molecule has 0 amide bonds. The maximum Gasteiger partial charge on any atom is 0.0270 e. The molecule has 0 spiro atoms. The smallest absolute Gasteiger partial charge is 0.0270 e. The van der Waals surface area contributed by atoms with Crippen molar-refractivity contribution in [2.24, 2.45) is 5.73 Å². The summed E-state index contributed by atoms with van der Waals surface area (Å²) < 4.78 is 0. The molecule has 0 radical (unpaired) electrons. The lowest BCUT2D eigenvalue weighted by molar-refractivity contribution is 0.790. The van der Waals surface area contributed by atoms with Crippen molar-refractivity contribution in [3.63, 3.8) is 0 Å². The SMILES string of the molecule is Cl.NC1C=C(c2ccccc2)C1. The average molecular weight is 182 g/mol. The van der Waals surface area contributed by atoms with E-state index in [0.29, 0.717) is 6.04 Å². The summed E-state index contributed by atoms with van der Waals surface area (Å²) in [4.78, 5) is 0. The Bertz CT molecular complexity index is 279. The van der Waals surface area contributed by atoms with Crippen LogP contribution in [0.25, 0.3) is 5.57 Å². The summed E-state index contributed by atoms with van der Waals surface area (Å²) in [5.74, 6) is 0. The minimum atomic E-state index is 0. The van der Waals surface area contributed by atoms with Crippen LogP contribution in [0.5, 0.6) is 0 Å². The normalized spacial score (nSPS) is 20.4. The van der Waals surface area contributed by atoms with Gasteiger partial charge in [0, 0.05) is 6.04 Å². The third-order valence-electron chi connectivity index (χ3n) is 2.02. The van der Waals surface area contributed by atoms with Gasteiger partial charge in [-0.2, -0.15) is 0 Å². The Labute approximate surface area is 78.7 Å². The van der Waals surface area contributed by atoms with Gasteiger partial charge in [0.05, 0.1) is 0 Å². The second-order valence-electron chi connectivity index (χ2n) is 2.93. The molecule has 0 aliphatic heterocycles.